The third-order valence-electron chi connectivity index (χ3n) is 4.06. The number of aryl methyl sites for hydroxylation is 1. The zero-order valence-electron chi connectivity index (χ0n) is 14.3. The van der Waals surface area contributed by atoms with Gasteiger partial charge in [-0.3, -0.25) is 0 Å². The first-order chi connectivity index (χ1) is 12.6. The maximum Gasteiger partial charge on any atom is 0.159 e. The Morgan fingerprint density at radius 1 is 0.692 bits per heavy atom. The molecule has 0 amide bonds. The highest BCUT2D eigenvalue weighted by atomic mass is 19.2. The quantitative estimate of drug-likeness (QED) is 0.499. The molecular formula is C23H17F3. The van der Waals surface area contributed by atoms with Crippen LogP contribution >= 0.6 is 0 Å². The summed E-state index contributed by atoms with van der Waals surface area (Å²) in [6.45, 7) is 2.13. The Morgan fingerprint density at radius 2 is 1.35 bits per heavy atom. The second-order valence-electron chi connectivity index (χ2n) is 6.02. The smallest absolute Gasteiger partial charge is 0.159 e. The van der Waals surface area contributed by atoms with Gasteiger partial charge in [-0.1, -0.05) is 49.5 Å². The topological polar surface area (TPSA) is 0 Å². The summed E-state index contributed by atoms with van der Waals surface area (Å²) in [5, 5.41) is 0. The Kier molecular flexibility index (Phi) is 5.43. The van der Waals surface area contributed by atoms with Gasteiger partial charge in [-0.2, -0.15) is 0 Å². The third-order valence-corrected chi connectivity index (χ3v) is 4.06. The molecule has 0 radical (unpaired) electrons. The van der Waals surface area contributed by atoms with Crippen molar-refractivity contribution in [2.75, 3.05) is 0 Å². The van der Waals surface area contributed by atoms with Crippen molar-refractivity contribution in [3.05, 3.63) is 94.8 Å². The maximum atomic E-state index is 14.3. The van der Waals surface area contributed by atoms with Crippen LogP contribution in [0.3, 0.4) is 0 Å². The molecule has 0 spiro atoms. The van der Waals surface area contributed by atoms with E-state index in [1.165, 1.54) is 17.7 Å². The van der Waals surface area contributed by atoms with Gasteiger partial charge in [0.2, 0.25) is 0 Å². The SMILES string of the molecule is CCCc1ccc(C#Cc2ccc(-c3ccc(F)c(F)c3)cc2F)cc1. The Bertz CT molecular complexity index is 977. The third kappa shape index (κ3) is 4.15. The van der Waals surface area contributed by atoms with Crippen LogP contribution in [-0.4, -0.2) is 0 Å². The number of hydrogen-bond acceptors (Lipinski definition) is 0. The fourth-order valence-electron chi connectivity index (χ4n) is 2.65. The molecule has 0 atom stereocenters. The first-order valence-corrected chi connectivity index (χ1v) is 8.43. The highest BCUT2D eigenvalue weighted by molar-refractivity contribution is 5.65. The van der Waals surface area contributed by atoms with Crippen molar-refractivity contribution in [2.45, 2.75) is 19.8 Å². The lowest BCUT2D eigenvalue weighted by Gasteiger charge is -2.04. The molecule has 3 heteroatoms. The molecule has 0 nitrogen and oxygen atoms in total. The van der Waals surface area contributed by atoms with Crippen molar-refractivity contribution in [2.24, 2.45) is 0 Å². The predicted octanol–water partition coefficient (Wildman–Crippen LogP) is 6.12. The predicted molar refractivity (Wildman–Crippen MR) is 98.2 cm³/mol. The Hall–Kier alpha value is -2.99. The van der Waals surface area contributed by atoms with Crippen LogP contribution in [0.1, 0.15) is 30.0 Å². The van der Waals surface area contributed by atoms with Gasteiger partial charge in [-0.15, -0.1) is 0 Å². The zero-order valence-corrected chi connectivity index (χ0v) is 14.3. The lowest BCUT2D eigenvalue weighted by Crippen LogP contribution is -1.89. The molecule has 0 aliphatic heterocycles. The molecule has 3 aromatic rings. The van der Waals surface area contributed by atoms with Crippen LogP contribution in [-0.2, 0) is 6.42 Å². The minimum atomic E-state index is -0.960. The van der Waals surface area contributed by atoms with E-state index in [1.54, 1.807) is 12.1 Å². The van der Waals surface area contributed by atoms with Gasteiger partial charge in [-0.05, 0) is 59.5 Å². The molecule has 130 valence electrons. The van der Waals surface area contributed by atoms with E-state index in [9.17, 15) is 13.2 Å². The van der Waals surface area contributed by atoms with Gasteiger partial charge in [0, 0.05) is 5.56 Å². The molecule has 0 aliphatic rings. The summed E-state index contributed by atoms with van der Waals surface area (Å²) in [7, 11) is 0. The number of hydrogen-bond donors (Lipinski definition) is 0. The van der Waals surface area contributed by atoms with Gasteiger partial charge in [0.05, 0.1) is 5.56 Å². The summed E-state index contributed by atoms with van der Waals surface area (Å²) in [5.74, 6) is 3.38. The van der Waals surface area contributed by atoms with E-state index in [1.807, 2.05) is 24.3 Å². The van der Waals surface area contributed by atoms with Gasteiger partial charge in [0.25, 0.3) is 0 Å². The molecular weight excluding hydrogens is 333 g/mol. The first-order valence-electron chi connectivity index (χ1n) is 8.43. The van der Waals surface area contributed by atoms with E-state index in [-0.39, 0.29) is 5.56 Å². The van der Waals surface area contributed by atoms with E-state index in [4.69, 9.17) is 0 Å². The van der Waals surface area contributed by atoms with Crippen LogP contribution in [0.2, 0.25) is 0 Å². The molecule has 0 unspecified atom stereocenters. The summed E-state index contributed by atoms with van der Waals surface area (Å²) < 4.78 is 40.7. The molecule has 0 aromatic heterocycles. The average molecular weight is 350 g/mol. The van der Waals surface area contributed by atoms with Gasteiger partial charge in [0.1, 0.15) is 5.82 Å². The van der Waals surface area contributed by atoms with Crippen molar-refractivity contribution in [1.82, 2.24) is 0 Å². The summed E-state index contributed by atoms with van der Waals surface area (Å²) >= 11 is 0. The van der Waals surface area contributed by atoms with E-state index < -0.39 is 17.5 Å². The molecule has 3 rings (SSSR count). The van der Waals surface area contributed by atoms with Crippen molar-refractivity contribution >= 4 is 0 Å². The molecule has 26 heavy (non-hydrogen) atoms. The van der Waals surface area contributed by atoms with Crippen molar-refractivity contribution in [3.63, 3.8) is 0 Å². The molecule has 0 N–H and O–H groups in total. The highest BCUT2D eigenvalue weighted by Gasteiger charge is 2.07. The molecule has 0 aliphatic carbocycles. The van der Waals surface area contributed by atoms with E-state index >= 15 is 0 Å². The summed E-state index contributed by atoms with van der Waals surface area (Å²) in [4.78, 5) is 0. The van der Waals surface area contributed by atoms with Crippen LogP contribution in [0.5, 0.6) is 0 Å². The minimum absolute atomic E-state index is 0.258. The number of halogens is 3. The van der Waals surface area contributed by atoms with Gasteiger partial charge in [-0.25, -0.2) is 13.2 Å². The van der Waals surface area contributed by atoms with Crippen molar-refractivity contribution in [1.29, 1.82) is 0 Å². The Balaban J connectivity index is 1.83. The molecule has 0 saturated carbocycles. The lowest BCUT2D eigenvalue weighted by molar-refractivity contribution is 0.509. The Labute approximate surface area is 151 Å². The fourth-order valence-corrected chi connectivity index (χ4v) is 2.65. The largest absolute Gasteiger partial charge is 0.206 e. The molecule has 0 saturated heterocycles. The van der Waals surface area contributed by atoms with E-state index in [0.717, 1.165) is 30.5 Å². The van der Waals surface area contributed by atoms with Gasteiger partial charge in [0.15, 0.2) is 11.6 Å². The van der Waals surface area contributed by atoms with Crippen LogP contribution < -0.4 is 0 Å². The zero-order chi connectivity index (χ0) is 18.5. The second kappa shape index (κ2) is 7.93. The highest BCUT2D eigenvalue weighted by Crippen LogP contribution is 2.23. The standard InChI is InChI=1S/C23H17F3/c1-2-3-16-4-6-17(7-5-16)8-9-18-10-11-19(14-22(18)25)20-12-13-21(24)23(26)15-20/h4-7,10-15H,2-3H2,1H3. The number of benzene rings is 3. The number of rotatable bonds is 3. The molecule has 0 bridgehead atoms. The van der Waals surface area contributed by atoms with Crippen molar-refractivity contribution < 1.29 is 13.2 Å². The Morgan fingerprint density at radius 3 is 1.96 bits per heavy atom. The van der Waals surface area contributed by atoms with E-state index in [2.05, 4.69) is 18.8 Å². The van der Waals surface area contributed by atoms with Crippen LogP contribution in [0.25, 0.3) is 11.1 Å². The monoisotopic (exact) mass is 350 g/mol. The lowest BCUT2D eigenvalue weighted by atomic mass is 10.0. The van der Waals surface area contributed by atoms with Crippen LogP contribution in [0, 0.1) is 29.3 Å². The molecule has 3 aromatic carbocycles. The summed E-state index contributed by atoms with van der Waals surface area (Å²) in [6.07, 6.45) is 2.11. The fraction of sp³-hybridized carbons (Fsp3) is 0.130. The van der Waals surface area contributed by atoms with Gasteiger partial charge >= 0.3 is 0 Å². The average Bonchev–Trinajstić information content (AvgIpc) is 2.64. The minimum Gasteiger partial charge on any atom is -0.206 e. The summed E-state index contributed by atoms with van der Waals surface area (Å²) in [5.41, 5.74) is 3.20. The van der Waals surface area contributed by atoms with Crippen molar-refractivity contribution in [3.8, 4) is 23.0 Å². The normalized spacial score (nSPS) is 10.3. The summed E-state index contributed by atoms with van der Waals surface area (Å²) in [6, 6.07) is 15.8. The maximum absolute atomic E-state index is 14.3. The van der Waals surface area contributed by atoms with E-state index in [0.29, 0.717) is 11.1 Å². The molecule has 0 heterocycles. The first kappa shape index (κ1) is 17.8. The van der Waals surface area contributed by atoms with Crippen LogP contribution in [0.4, 0.5) is 13.2 Å². The molecule has 0 fully saturated rings. The second-order valence-corrected chi connectivity index (χ2v) is 6.02. The van der Waals surface area contributed by atoms with Crippen LogP contribution in [0.15, 0.2) is 60.7 Å². The van der Waals surface area contributed by atoms with Gasteiger partial charge < -0.3 is 0 Å².